The van der Waals surface area contributed by atoms with E-state index < -0.39 is 4.92 Å². The lowest BCUT2D eigenvalue weighted by Gasteiger charge is -2.08. The van der Waals surface area contributed by atoms with Crippen molar-refractivity contribution >= 4 is 28.9 Å². The minimum absolute atomic E-state index is 0.0856. The molecule has 0 amide bonds. The SMILES string of the molecule is N#Cc1cc(Oc2ccc(Cl)cc2Cl)ccc1[N+](=O)[O-]. The number of nitrogens with zero attached hydrogens (tertiary/aromatic N) is 2. The molecule has 0 atom stereocenters. The summed E-state index contributed by atoms with van der Waals surface area (Å²) in [6.07, 6.45) is 0. The number of halogens is 2. The lowest BCUT2D eigenvalue weighted by Crippen LogP contribution is -1.93. The highest BCUT2D eigenvalue weighted by Gasteiger charge is 2.15. The third-order valence-corrected chi connectivity index (χ3v) is 2.94. The third kappa shape index (κ3) is 2.99. The molecule has 0 heterocycles. The minimum atomic E-state index is -0.627. The number of nitro groups is 1. The molecule has 0 unspecified atom stereocenters. The molecule has 0 bridgehead atoms. The molecule has 20 heavy (non-hydrogen) atoms. The van der Waals surface area contributed by atoms with Crippen LogP contribution in [0.3, 0.4) is 0 Å². The van der Waals surface area contributed by atoms with Gasteiger partial charge in [0.25, 0.3) is 5.69 Å². The summed E-state index contributed by atoms with van der Waals surface area (Å²) in [5.41, 5.74) is -0.361. The molecule has 100 valence electrons. The van der Waals surface area contributed by atoms with Crippen LogP contribution in [0.1, 0.15) is 5.56 Å². The molecule has 0 saturated carbocycles. The fraction of sp³-hybridized carbons (Fsp3) is 0. The topological polar surface area (TPSA) is 76.2 Å². The van der Waals surface area contributed by atoms with Gasteiger partial charge in [-0.2, -0.15) is 5.26 Å². The van der Waals surface area contributed by atoms with E-state index in [1.54, 1.807) is 18.2 Å². The molecule has 0 aliphatic heterocycles. The highest BCUT2D eigenvalue weighted by Crippen LogP contribution is 2.33. The van der Waals surface area contributed by atoms with Crippen LogP contribution in [0.5, 0.6) is 11.5 Å². The van der Waals surface area contributed by atoms with Gasteiger partial charge < -0.3 is 4.74 Å². The zero-order valence-corrected chi connectivity index (χ0v) is 11.4. The van der Waals surface area contributed by atoms with Crippen molar-refractivity contribution in [1.29, 1.82) is 5.26 Å². The van der Waals surface area contributed by atoms with Crippen molar-refractivity contribution in [3.8, 4) is 17.6 Å². The number of nitro benzene ring substituents is 1. The van der Waals surface area contributed by atoms with Crippen molar-refractivity contribution in [2.75, 3.05) is 0 Å². The first-order valence-electron chi connectivity index (χ1n) is 5.32. The molecular formula is C13H6Cl2N2O3. The Morgan fingerprint density at radius 2 is 1.95 bits per heavy atom. The number of rotatable bonds is 3. The number of benzene rings is 2. The Morgan fingerprint density at radius 3 is 2.55 bits per heavy atom. The summed E-state index contributed by atoms with van der Waals surface area (Å²) < 4.78 is 5.48. The molecule has 2 aromatic carbocycles. The molecule has 7 heteroatoms. The van der Waals surface area contributed by atoms with Gasteiger partial charge in [-0.25, -0.2) is 0 Å². The first-order chi connectivity index (χ1) is 9.51. The summed E-state index contributed by atoms with van der Waals surface area (Å²) in [6, 6.07) is 10.3. The summed E-state index contributed by atoms with van der Waals surface area (Å²) in [4.78, 5) is 10.1. The molecule has 0 aliphatic carbocycles. The van der Waals surface area contributed by atoms with E-state index in [0.29, 0.717) is 15.8 Å². The van der Waals surface area contributed by atoms with Crippen molar-refractivity contribution < 1.29 is 9.66 Å². The zero-order chi connectivity index (χ0) is 14.7. The van der Waals surface area contributed by atoms with E-state index in [4.69, 9.17) is 33.2 Å². The standard InChI is InChI=1S/C13H6Cl2N2O3/c14-9-1-4-13(11(15)6-9)20-10-2-3-12(17(18)19)8(5-10)7-16/h1-6H. The van der Waals surface area contributed by atoms with E-state index in [-0.39, 0.29) is 17.0 Å². The van der Waals surface area contributed by atoms with Gasteiger partial charge in [-0.3, -0.25) is 10.1 Å². The van der Waals surface area contributed by atoms with Crippen LogP contribution in [0.2, 0.25) is 10.0 Å². The summed E-state index contributed by atoms with van der Waals surface area (Å²) >= 11 is 11.7. The molecule has 0 saturated heterocycles. The molecule has 0 radical (unpaired) electrons. The Hall–Kier alpha value is -2.29. The van der Waals surface area contributed by atoms with Gasteiger partial charge in [0.2, 0.25) is 0 Å². The first-order valence-corrected chi connectivity index (χ1v) is 6.08. The lowest BCUT2D eigenvalue weighted by atomic mass is 10.2. The van der Waals surface area contributed by atoms with Crippen molar-refractivity contribution in [3.05, 3.63) is 62.1 Å². The van der Waals surface area contributed by atoms with Gasteiger partial charge in [-0.05, 0) is 24.3 Å². The Bertz CT molecular complexity index is 726. The van der Waals surface area contributed by atoms with Crippen LogP contribution in [-0.4, -0.2) is 4.92 Å². The van der Waals surface area contributed by atoms with Crippen molar-refractivity contribution in [1.82, 2.24) is 0 Å². The second kappa shape index (κ2) is 5.78. The highest BCUT2D eigenvalue weighted by atomic mass is 35.5. The second-order valence-corrected chi connectivity index (χ2v) is 4.57. The maximum absolute atomic E-state index is 10.7. The maximum atomic E-state index is 10.7. The molecule has 0 aliphatic rings. The van der Waals surface area contributed by atoms with Crippen LogP contribution < -0.4 is 4.74 Å². The van der Waals surface area contributed by atoms with E-state index in [9.17, 15) is 10.1 Å². The normalized spacial score (nSPS) is 9.85. The average Bonchev–Trinajstić information content (AvgIpc) is 2.41. The van der Waals surface area contributed by atoms with Gasteiger partial charge in [-0.1, -0.05) is 23.2 Å². The van der Waals surface area contributed by atoms with Gasteiger partial charge in [0.1, 0.15) is 23.1 Å². The van der Waals surface area contributed by atoms with Gasteiger partial charge in [0.15, 0.2) is 0 Å². The summed E-state index contributed by atoms with van der Waals surface area (Å²) in [5, 5.41) is 20.4. The molecule has 0 aromatic heterocycles. The lowest BCUT2D eigenvalue weighted by molar-refractivity contribution is -0.385. The van der Waals surface area contributed by atoms with Crippen LogP contribution in [0.15, 0.2) is 36.4 Å². The van der Waals surface area contributed by atoms with Gasteiger partial charge in [-0.15, -0.1) is 0 Å². The first kappa shape index (κ1) is 14.1. The summed E-state index contributed by atoms with van der Waals surface area (Å²) in [6.45, 7) is 0. The van der Waals surface area contributed by atoms with Gasteiger partial charge in [0.05, 0.1) is 9.95 Å². The Kier molecular flexibility index (Phi) is 4.08. The summed E-state index contributed by atoms with van der Waals surface area (Å²) in [5.74, 6) is 0.616. The number of hydrogen-bond donors (Lipinski definition) is 0. The molecular weight excluding hydrogens is 303 g/mol. The number of nitriles is 1. The second-order valence-electron chi connectivity index (χ2n) is 3.72. The van der Waals surface area contributed by atoms with E-state index in [1.165, 1.54) is 24.3 Å². The largest absolute Gasteiger partial charge is 0.456 e. The molecule has 2 rings (SSSR count). The number of hydrogen-bond acceptors (Lipinski definition) is 4. The maximum Gasteiger partial charge on any atom is 0.287 e. The fourth-order valence-corrected chi connectivity index (χ4v) is 1.96. The van der Waals surface area contributed by atoms with Crippen LogP contribution in [-0.2, 0) is 0 Å². The van der Waals surface area contributed by atoms with E-state index >= 15 is 0 Å². The fourth-order valence-electron chi connectivity index (χ4n) is 1.51. The van der Waals surface area contributed by atoms with Crippen LogP contribution in [0.25, 0.3) is 0 Å². The molecule has 0 fully saturated rings. The van der Waals surface area contributed by atoms with Gasteiger partial charge >= 0.3 is 0 Å². The molecule has 2 aromatic rings. The molecule has 0 spiro atoms. The van der Waals surface area contributed by atoms with Crippen LogP contribution in [0, 0.1) is 21.4 Å². The van der Waals surface area contributed by atoms with Crippen LogP contribution in [0.4, 0.5) is 5.69 Å². The Balaban J connectivity index is 2.35. The van der Waals surface area contributed by atoms with Crippen molar-refractivity contribution in [3.63, 3.8) is 0 Å². The van der Waals surface area contributed by atoms with E-state index in [0.717, 1.165) is 0 Å². The van der Waals surface area contributed by atoms with Crippen molar-refractivity contribution in [2.45, 2.75) is 0 Å². The van der Waals surface area contributed by atoms with E-state index in [1.807, 2.05) is 0 Å². The molecule has 0 N–H and O–H groups in total. The quantitative estimate of drug-likeness (QED) is 0.615. The minimum Gasteiger partial charge on any atom is -0.456 e. The predicted octanol–water partition coefficient (Wildman–Crippen LogP) is 4.57. The molecule has 5 nitrogen and oxygen atoms in total. The Morgan fingerprint density at radius 1 is 1.20 bits per heavy atom. The Labute approximate surface area is 124 Å². The van der Waals surface area contributed by atoms with Crippen molar-refractivity contribution in [2.24, 2.45) is 0 Å². The monoisotopic (exact) mass is 308 g/mol. The smallest absolute Gasteiger partial charge is 0.287 e. The van der Waals surface area contributed by atoms with Gasteiger partial charge in [0, 0.05) is 17.2 Å². The average molecular weight is 309 g/mol. The highest BCUT2D eigenvalue weighted by molar-refractivity contribution is 6.35. The third-order valence-electron chi connectivity index (χ3n) is 2.41. The van der Waals surface area contributed by atoms with Crippen LogP contribution >= 0.6 is 23.2 Å². The predicted molar refractivity (Wildman–Crippen MR) is 74.3 cm³/mol. The summed E-state index contributed by atoms with van der Waals surface area (Å²) in [7, 11) is 0. The number of ether oxygens (including phenoxy) is 1. The van der Waals surface area contributed by atoms with E-state index in [2.05, 4.69) is 0 Å². The zero-order valence-electron chi connectivity index (χ0n) is 9.84.